The Morgan fingerprint density at radius 1 is 0.455 bits per heavy atom. The number of nitrogens with zero attached hydrogens (tertiary/aromatic N) is 3. The van der Waals surface area contributed by atoms with E-state index in [9.17, 15) is 0 Å². The van der Waals surface area contributed by atoms with E-state index in [0.29, 0.717) is 0 Å². The van der Waals surface area contributed by atoms with Gasteiger partial charge in [0.05, 0.1) is 0 Å². The molecule has 21 nitrogen and oxygen atoms in total. The smallest absolute Gasteiger partial charge is 0.291 e. The van der Waals surface area contributed by atoms with Gasteiger partial charge in [-0.1, -0.05) is 0 Å². The average molecular weight is 403 g/mol. The van der Waals surface area contributed by atoms with E-state index in [4.69, 9.17) is 46.0 Å². The van der Waals surface area contributed by atoms with E-state index >= 15 is 0 Å². The van der Waals surface area contributed by atoms with E-state index in [-0.39, 0.29) is 66.6 Å². The Hall–Kier alpha value is -2.23. The molecule has 0 saturated carbocycles. The van der Waals surface area contributed by atoms with Crippen LogP contribution in [0.5, 0.6) is 0 Å². The molecule has 0 spiro atoms. The molecule has 22 heteroatoms. The molecule has 0 amide bonds. The number of hydrogen-bond acceptors (Lipinski definition) is 6. The molecule has 22 heavy (non-hydrogen) atoms. The SMILES string of the molecule is O.O.O.O.O.O.O.O.O.O=[N+]([O-])O.O=[N+]([O-])O.O=[N+]([O-])O.[Cr]. The molecule has 0 aromatic heterocycles. The van der Waals surface area contributed by atoms with Gasteiger partial charge in [0.25, 0.3) is 15.3 Å². The van der Waals surface area contributed by atoms with Gasteiger partial charge in [0.15, 0.2) is 0 Å². The Labute approximate surface area is 129 Å². The summed E-state index contributed by atoms with van der Waals surface area (Å²) >= 11 is 0. The van der Waals surface area contributed by atoms with E-state index in [1.54, 1.807) is 0 Å². The molecule has 21 N–H and O–H groups in total. The zero-order valence-electron chi connectivity index (χ0n) is 10.0. The van der Waals surface area contributed by atoms with Crippen LogP contribution in [0.3, 0.4) is 0 Å². The van der Waals surface area contributed by atoms with E-state index in [1.807, 2.05) is 0 Å². The van der Waals surface area contributed by atoms with Crippen LogP contribution in [0.2, 0.25) is 0 Å². The molecule has 0 aromatic carbocycles. The van der Waals surface area contributed by atoms with E-state index in [1.165, 1.54) is 0 Å². The van der Waals surface area contributed by atoms with Crippen LogP contribution in [0.1, 0.15) is 0 Å². The van der Waals surface area contributed by atoms with E-state index in [2.05, 4.69) is 0 Å². The first kappa shape index (κ1) is 152. The van der Waals surface area contributed by atoms with Crippen molar-refractivity contribution in [1.82, 2.24) is 0 Å². The maximum absolute atomic E-state index is 8.36. The summed E-state index contributed by atoms with van der Waals surface area (Å²) in [5, 5.41) is 40.9. The third-order valence-corrected chi connectivity index (χ3v) is 0. The molecule has 0 bridgehead atoms. The van der Waals surface area contributed by atoms with Gasteiger partial charge in [-0.15, -0.1) is 30.3 Å². The van der Waals surface area contributed by atoms with Gasteiger partial charge in [-0.3, -0.25) is 0 Å². The third kappa shape index (κ3) is 1010. The Balaban J connectivity index is -0.00000000409. The van der Waals surface area contributed by atoms with Gasteiger partial charge in [-0.05, 0) is 0 Å². The Morgan fingerprint density at radius 2 is 0.455 bits per heavy atom. The van der Waals surface area contributed by atoms with Crippen molar-refractivity contribution in [3.8, 4) is 0 Å². The van der Waals surface area contributed by atoms with Crippen molar-refractivity contribution in [3.05, 3.63) is 30.3 Å². The third-order valence-electron chi connectivity index (χ3n) is 0. The van der Waals surface area contributed by atoms with E-state index in [0.717, 1.165) is 0 Å². The second-order valence-electron chi connectivity index (χ2n) is 0.714. The molecule has 0 rings (SSSR count). The molecule has 0 heterocycles. The largest absolute Gasteiger partial charge is 0.412 e. The summed E-state index contributed by atoms with van der Waals surface area (Å²) < 4.78 is 0. The number of hydrogen-bond donors (Lipinski definition) is 3. The Kier molecular flexibility index (Phi) is 893. The second-order valence-corrected chi connectivity index (χ2v) is 0.714. The molecular formula is H21CrN3O18. The molecule has 0 aromatic rings. The predicted molar refractivity (Wildman–Crippen MR) is 58.9 cm³/mol. The Bertz CT molecular complexity index is 116. The summed E-state index contributed by atoms with van der Waals surface area (Å²) in [6.07, 6.45) is 0. The fourth-order valence-electron chi connectivity index (χ4n) is 0. The van der Waals surface area contributed by atoms with Gasteiger partial charge in [0, 0.05) is 17.4 Å². The van der Waals surface area contributed by atoms with Crippen molar-refractivity contribution in [2.45, 2.75) is 0 Å². The van der Waals surface area contributed by atoms with Crippen molar-refractivity contribution in [3.63, 3.8) is 0 Å². The minimum atomic E-state index is -1.50. The molecule has 0 atom stereocenters. The molecule has 150 valence electrons. The normalized spacial score (nSPS) is 3.27. The van der Waals surface area contributed by atoms with Gasteiger partial charge < -0.3 is 64.9 Å². The summed E-state index contributed by atoms with van der Waals surface area (Å²) in [5.74, 6) is 0. The summed E-state index contributed by atoms with van der Waals surface area (Å²) in [4.78, 5) is 25.1. The molecule has 0 radical (unpaired) electrons. The zero-order valence-corrected chi connectivity index (χ0v) is 11.3. The van der Waals surface area contributed by atoms with Gasteiger partial charge in [0.1, 0.15) is 0 Å². The molecule has 0 unspecified atom stereocenters. The second kappa shape index (κ2) is 129. The van der Waals surface area contributed by atoms with E-state index < -0.39 is 15.3 Å². The van der Waals surface area contributed by atoms with Crippen molar-refractivity contribution in [2.75, 3.05) is 0 Å². The zero-order chi connectivity index (χ0) is 10.7. The molecule has 0 saturated heterocycles. The first-order valence-corrected chi connectivity index (χ1v) is 1.70. The van der Waals surface area contributed by atoms with Crippen molar-refractivity contribution >= 4 is 0 Å². The maximum Gasteiger partial charge on any atom is 0.291 e. The molecule has 0 aliphatic rings. The molecule has 0 aliphatic heterocycles. The quantitative estimate of drug-likeness (QED) is 0.255. The summed E-state index contributed by atoms with van der Waals surface area (Å²) in [6.45, 7) is 0. The van der Waals surface area contributed by atoms with Crippen LogP contribution < -0.4 is 0 Å². The molecule has 0 fully saturated rings. The van der Waals surface area contributed by atoms with Gasteiger partial charge in [-0.2, -0.15) is 0 Å². The first-order chi connectivity index (χ1) is 5.20. The van der Waals surface area contributed by atoms with Crippen LogP contribution in [0.4, 0.5) is 0 Å². The van der Waals surface area contributed by atoms with Crippen LogP contribution in [0, 0.1) is 30.3 Å². The van der Waals surface area contributed by atoms with Crippen molar-refractivity contribution < 1.29 is 97.5 Å². The minimum Gasteiger partial charge on any atom is -0.412 e. The van der Waals surface area contributed by atoms with Gasteiger partial charge in [-0.25, -0.2) is 0 Å². The van der Waals surface area contributed by atoms with Crippen LogP contribution in [0.15, 0.2) is 0 Å². The topological polar surface area (TPSA) is 474 Å². The monoisotopic (exact) mass is 403 g/mol. The molecule has 0 aliphatic carbocycles. The Morgan fingerprint density at radius 3 is 0.455 bits per heavy atom. The molecular weight excluding hydrogens is 382 g/mol. The van der Waals surface area contributed by atoms with Crippen molar-refractivity contribution in [1.29, 1.82) is 0 Å². The summed E-state index contributed by atoms with van der Waals surface area (Å²) in [6, 6.07) is 0. The summed E-state index contributed by atoms with van der Waals surface area (Å²) in [5.41, 5.74) is 0. The van der Waals surface area contributed by atoms with Crippen LogP contribution >= 0.6 is 0 Å². The van der Waals surface area contributed by atoms with Gasteiger partial charge in [0.2, 0.25) is 0 Å². The minimum absolute atomic E-state index is 0. The standard InChI is InChI=1S/Cr.3HNO3.9H2O/c;3*2-1(3)4;;;;;;;;;/h;3*(H,2,3,4);9*1H2. The van der Waals surface area contributed by atoms with Crippen LogP contribution in [-0.4, -0.2) is 80.2 Å². The first-order valence-electron chi connectivity index (χ1n) is 1.70. The predicted octanol–water partition coefficient (Wildman–Crippen LogP) is -8.47. The maximum atomic E-state index is 8.36. The number of rotatable bonds is 0. The fourth-order valence-corrected chi connectivity index (χ4v) is 0. The average Bonchev–Trinajstić information content (AvgIpc) is 1.54. The fraction of sp³-hybridized carbons (Fsp3) is 0. The van der Waals surface area contributed by atoms with Crippen molar-refractivity contribution in [2.24, 2.45) is 0 Å². The van der Waals surface area contributed by atoms with Crippen LogP contribution in [-0.2, 0) is 17.4 Å². The summed E-state index contributed by atoms with van der Waals surface area (Å²) in [7, 11) is 0. The van der Waals surface area contributed by atoms with Gasteiger partial charge >= 0.3 is 0 Å². The van der Waals surface area contributed by atoms with Crippen LogP contribution in [0.25, 0.3) is 0 Å².